The van der Waals surface area contributed by atoms with Crippen LogP contribution < -0.4 is 10.1 Å². The minimum absolute atomic E-state index is 0.0299. The van der Waals surface area contributed by atoms with Crippen molar-refractivity contribution in [1.82, 2.24) is 9.97 Å². The molecule has 27 heavy (non-hydrogen) atoms. The van der Waals surface area contributed by atoms with Crippen molar-refractivity contribution >= 4 is 17.4 Å². The van der Waals surface area contributed by atoms with Gasteiger partial charge in [0, 0.05) is 18.3 Å². The van der Waals surface area contributed by atoms with E-state index in [2.05, 4.69) is 26.9 Å². The van der Waals surface area contributed by atoms with E-state index in [0.29, 0.717) is 5.88 Å². The summed E-state index contributed by atoms with van der Waals surface area (Å²) in [7, 11) is 1.43. The van der Waals surface area contributed by atoms with Crippen LogP contribution >= 0.6 is 0 Å². The molecule has 2 rings (SSSR count). The average Bonchev–Trinajstić information content (AvgIpc) is 2.67. The summed E-state index contributed by atoms with van der Waals surface area (Å²) in [6.45, 7) is 3.28. The molecular formula is C17H15FN6O3. The maximum atomic E-state index is 13.8. The zero-order chi connectivity index (χ0) is 19.8. The lowest BCUT2D eigenvalue weighted by Gasteiger charge is -2.08. The second-order valence-corrected chi connectivity index (χ2v) is 4.97. The van der Waals surface area contributed by atoms with E-state index in [4.69, 9.17) is 10.1 Å². The van der Waals surface area contributed by atoms with Gasteiger partial charge in [-0.05, 0) is 24.8 Å². The molecule has 0 atom stereocenters. The van der Waals surface area contributed by atoms with Crippen molar-refractivity contribution in [3.05, 3.63) is 82.7 Å². The second-order valence-electron chi connectivity index (χ2n) is 4.97. The molecule has 10 heteroatoms. The third kappa shape index (κ3) is 5.53. The van der Waals surface area contributed by atoms with Gasteiger partial charge in [-0.25, -0.2) is 14.4 Å². The Morgan fingerprint density at radius 3 is 2.89 bits per heavy atom. The first-order chi connectivity index (χ1) is 12.9. The molecular weight excluding hydrogens is 355 g/mol. The number of nitro groups is 1. The molecule has 0 radical (unpaired) electrons. The molecule has 0 unspecified atom stereocenters. The maximum absolute atomic E-state index is 13.8. The molecule has 0 aromatic carbocycles. The van der Waals surface area contributed by atoms with Gasteiger partial charge in [0.2, 0.25) is 5.88 Å². The lowest BCUT2D eigenvalue weighted by Crippen LogP contribution is -2.14. The zero-order valence-corrected chi connectivity index (χ0v) is 14.2. The molecule has 0 amide bonds. The Hall–Kier alpha value is -3.95. The van der Waals surface area contributed by atoms with Crippen molar-refractivity contribution in [2.75, 3.05) is 12.4 Å². The molecule has 2 aromatic rings. The highest BCUT2D eigenvalue weighted by molar-refractivity contribution is 6.12. The second kappa shape index (κ2) is 8.94. The van der Waals surface area contributed by atoms with Gasteiger partial charge in [0.05, 0.1) is 23.9 Å². The number of nitrogens with one attached hydrogen (secondary N) is 2. The molecule has 9 nitrogen and oxygen atoms in total. The van der Waals surface area contributed by atoms with Gasteiger partial charge >= 0.3 is 0 Å². The molecule has 2 heterocycles. The Balaban J connectivity index is 2.36. The summed E-state index contributed by atoms with van der Waals surface area (Å²) in [5, 5.41) is 21.4. The lowest BCUT2D eigenvalue weighted by molar-refractivity contribution is -0.418. The molecule has 2 aromatic heterocycles. The predicted molar refractivity (Wildman–Crippen MR) is 98.1 cm³/mol. The first-order valence-electron chi connectivity index (χ1n) is 7.47. The highest BCUT2D eigenvalue weighted by atomic mass is 19.1. The van der Waals surface area contributed by atoms with Gasteiger partial charge in [-0.3, -0.25) is 20.5 Å². The quantitative estimate of drug-likeness (QED) is 0.265. The predicted octanol–water partition coefficient (Wildman–Crippen LogP) is 2.81. The van der Waals surface area contributed by atoms with Crippen LogP contribution in [0.5, 0.6) is 5.88 Å². The molecule has 0 saturated heterocycles. The Morgan fingerprint density at radius 2 is 2.22 bits per heavy atom. The van der Waals surface area contributed by atoms with Gasteiger partial charge < -0.3 is 10.1 Å². The van der Waals surface area contributed by atoms with E-state index in [0.717, 1.165) is 12.3 Å². The number of methoxy groups -OCH3 is 1. The fraction of sp³-hybridized carbons (Fsp3) is 0.0588. The lowest BCUT2D eigenvalue weighted by atomic mass is 10.3. The number of allylic oxidation sites excluding steroid dienone is 1. The minimum atomic E-state index is -0.684. The minimum Gasteiger partial charge on any atom is -0.481 e. The van der Waals surface area contributed by atoms with E-state index >= 15 is 0 Å². The normalized spacial score (nSPS) is 11.3. The highest BCUT2D eigenvalue weighted by Gasteiger charge is 2.09. The maximum Gasteiger partial charge on any atom is 0.262 e. The molecule has 0 aliphatic rings. The topological polar surface area (TPSA) is 126 Å². The fourth-order valence-electron chi connectivity index (χ4n) is 1.80. The number of amidine groups is 2. The molecule has 0 saturated carbocycles. The number of hydrogen-bond acceptors (Lipinski definition) is 6. The zero-order valence-electron chi connectivity index (χ0n) is 14.2. The Morgan fingerprint density at radius 1 is 1.44 bits per heavy atom. The van der Waals surface area contributed by atoms with E-state index in [9.17, 15) is 14.5 Å². The Labute approximate surface area is 153 Å². The van der Waals surface area contributed by atoms with Crippen molar-refractivity contribution in [3.8, 4) is 5.88 Å². The van der Waals surface area contributed by atoms with Crippen LogP contribution in [-0.4, -0.2) is 33.7 Å². The number of aromatic nitrogens is 2. The number of hydrogen-bond donors (Lipinski definition) is 2. The summed E-state index contributed by atoms with van der Waals surface area (Å²) in [4.78, 5) is 21.7. The van der Waals surface area contributed by atoms with E-state index < -0.39 is 16.4 Å². The fourth-order valence-corrected chi connectivity index (χ4v) is 1.80. The summed E-state index contributed by atoms with van der Waals surface area (Å²) in [5.41, 5.74) is -0.164. The van der Waals surface area contributed by atoms with Crippen LogP contribution in [0.1, 0.15) is 5.69 Å². The molecule has 0 aliphatic heterocycles. The number of anilines is 1. The monoisotopic (exact) mass is 370 g/mol. The van der Waals surface area contributed by atoms with Gasteiger partial charge in [0.25, 0.3) is 5.70 Å². The number of rotatable bonds is 6. The van der Waals surface area contributed by atoms with Gasteiger partial charge in [-0.2, -0.15) is 0 Å². The van der Waals surface area contributed by atoms with E-state index in [-0.39, 0.29) is 23.1 Å². The van der Waals surface area contributed by atoms with Crippen LogP contribution in [-0.2, 0) is 0 Å². The van der Waals surface area contributed by atoms with Crippen LogP contribution in [0.2, 0.25) is 0 Å². The summed E-state index contributed by atoms with van der Waals surface area (Å²) in [5.74, 6) is -0.655. The van der Waals surface area contributed by atoms with Crippen LogP contribution in [0.4, 0.5) is 10.1 Å². The van der Waals surface area contributed by atoms with Crippen LogP contribution in [0.25, 0.3) is 0 Å². The number of pyridine rings is 2. The standard InChI is InChI=1S/C17H15FN6O3/c1-11(24(25)26)6-7-15(21-13-8-9-20-10-12(13)18)23-17(19)14-4-3-5-16(22-14)27-2/h3-10H,1H2,2H3,(H2,19,20,21,23)/b7-6+. The van der Waals surface area contributed by atoms with Gasteiger partial charge in [-0.1, -0.05) is 6.07 Å². The van der Waals surface area contributed by atoms with Crippen LogP contribution in [0.3, 0.4) is 0 Å². The Kier molecular flexibility index (Phi) is 6.42. The Bertz CT molecular complexity index is 942. The van der Waals surface area contributed by atoms with Crippen molar-refractivity contribution in [2.24, 2.45) is 4.99 Å². The van der Waals surface area contributed by atoms with Gasteiger partial charge in [-0.15, -0.1) is 0 Å². The summed E-state index contributed by atoms with van der Waals surface area (Å²) in [6.07, 6.45) is 4.64. The summed E-state index contributed by atoms with van der Waals surface area (Å²) in [6, 6.07) is 6.13. The smallest absolute Gasteiger partial charge is 0.262 e. The van der Waals surface area contributed by atoms with Gasteiger partial charge in [0.1, 0.15) is 11.5 Å². The SMILES string of the molecule is C=C(/C=C/C(=N\C(=N)c1cccc(OC)n1)Nc1ccncc1F)[N+](=O)[O-]. The van der Waals surface area contributed by atoms with Crippen molar-refractivity contribution < 1.29 is 14.1 Å². The summed E-state index contributed by atoms with van der Waals surface area (Å²) < 4.78 is 18.8. The third-order valence-corrected chi connectivity index (χ3v) is 3.11. The number of ether oxygens (including phenoxy) is 1. The first kappa shape index (κ1) is 19.4. The molecule has 0 fully saturated rings. The van der Waals surface area contributed by atoms with Crippen molar-refractivity contribution in [1.29, 1.82) is 5.41 Å². The van der Waals surface area contributed by atoms with Gasteiger partial charge in [0.15, 0.2) is 11.7 Å². The van der Waals surface area contributed by atoms with E-state index in [1.165, 1.54) is 25.4 Å². The first-order valence-corrected chi connectivity index (χ1v) is 7.47. The number of halogens is 1. The van der Waals surface area contributed by atoms with Crippen LogP contribution in [0, 0.1) is 21.3 Å². The average molecular weight is 370 g/mol. The third-order valence-electron chi connectivity index (χ3n) is 3.11. The van der Waals surface area contributed by atoms with Crippen molar-refractivity contribution in [3.63, 3.8) is 0 Å². The van der Waals surface area contributed by atoms with Crippen molar-refractivity contribution in [2.45, 2.75) is 0 Å². The molecule has 2 N–H and O–H groups in total. The van der Waals surface area contributed by atoms with Crippen LogP contribution in [0.15, 0.2) is 66.1 Å². The molecule has 138 valence electrons. The molecule has 0 aliphatic carbocycles. The molecule has 0 bridgehead atoms. The number of aliphatic imine (C=N–C) groups is 1. The molecule has 0 spiro atoms. The number of nitrogens with zero attached hydrogens (tertiary/aromatic N) is 4. The highest BCUT2D eigenvalue weighted by Crippen LogP contribution is 2.12. The van der Waals surface area contributed by atoms with E-state index in [1.54, 1.807) is 18.2 Å². The van der Waals surface area contributed by atoms with E-state index in [1.807, 2.05) is 0 Å². The summed E-state index contributed by atoms with van der Waals surface area (Å²) >= 11 is 0. The largest absolute Gasteiger partial charge is 0.481 e.